The third kappa shape index (κ3) is 3.28. The van der Waals surface area contributed by atoms with E-state index in [1.165, 1.54) is 6.07 Å². The van der Waals surface area contributed by atoms with Crippen molar-refractivity contribution in [1.82, 2.24) is 0 Å². The van der Waals surface area contributed by atoms with Crippen molar-refractivity contribution in [1.29, 1.82) is 0 Å². The molecule has 0 bridgehead atoms. The molecule has 6 heteroatoms. The zero-order valence-electron chi connectivity index (χ0n) is 8.83. The van der Waals surface area contributed by atoms with Gasteiger partial charge in [-0.05, 0) is 18.6 Å². The molecule has 0 saturated heterocycles. The fourth-order valence-corrected chi connectivity index (χ4v) is 2.29. The fourth-order valence-electron chi connectivity index (χ4n) is 1.12. The lowest BCUT2D eigenvalue weighted by Crippen LogP contribution is -2.22. The van der Waals surface area contributed by atoms with E-state index in [1.54, 1.807) is 25.1 Å². The highest BCUT2D eigenvalue weighted by molar-refractivity contribution is 7.86. The molecule has 0 heterocycles. The topological polar surface area (TPSA) is 83.8 Å². The van der Waals surface area contributed by atoms with Crippen LogP contribution < -0.4 is 0 Å². The Hall–Kier alpha value is -0.950. The summed E-state index contributed by atoms with van der Waals surface area (Å²) in [7, 11) is -3.87. The maximum Gasteiger partial charge on any atom is 0.297 e. The number of hydrogen-bond donors (Lipinski definition) is 2. The second-order valence-electron chi connectivity index (χ2n) is 3.34. The molecule has 0 fully saturated rings. The Morgan fingerprint density at radius 3 is 2.56 bits per heavy atom. The van der Waals surface area contributed by atoms with Crippen molar-refractivity contribution in [2.24, 2.45) is 0 Å². The molecule has 1 aromatic carbocycles. The average Bonchev–Trinajstić information content (AvgIpc) is 2.26. The highest BCUT2D eigenvalue weighted by atomic mass is 32.2. The third-order valence-electron chi connectivity index (χ3n) is 1.99. The quantitative estimate of drug-likeness (QED) is 0.717. The Morgan fingerprint density at radius 2 is 2.00 bits per heavy atom. The van der Waals surface area contributed by atoms with E-state index in [0.717, 1.165) is 0 Å². The van der Waals surface area contributed by atoms with Crippen LogP contribution in [0.3, 0.4) is 0 Å². The molecule has 0 aliphatic heterocycles. The van der Waals surface area contributed by atoms with Crippen molar-refractivity contribution >= 4 is 10.1 Å². The van der Waals surface area contributed by atoms with Crippen molar-refractivity contribution in [3.05, 3.63) is 29.8 Å². The van der Waals surface area contributed by atoms with Crippen LogP contribution >= 0.6 is 0 Å². The smallest absolute Gasteiger partial charge is 0.297 e. The minimum Gasteiger partial charge on any atom is -0.394 e. The van der Waals surface area contributed by atoms with Crippen LogP contribution in [0.1, 0.15) is 5.56 Å². The molecule has 0 aliphatic carbocycles. The molecule has 0 amide bonds. The summed E-state index contributed by atoms with van der Waals surface area (Å²) in [6.45, 7) is 0.662. The SMILES string of the molecule is Cc1ccccc1S(=O)(=O)OCC(O)CO. The van der Waals surface area contributed by atoms with Gasteiger partial charge >= 0.3 is 0 Å². The van der Waals surface area contributed by atoms with Gasteiger partial charge in [-0.3, -0.25) is 4.18 Å². The maximum absolute atomic E-state index is 11.7. The van der Waals surface area contributed by atoms with E-state index in [0.29, 0.717) is 5.56 Å². The molecule has 0 aromatic heterocycles. The van der Waals surface area contributed by atoms with Gasteiger partial charge in [0.05, 0.1) is 18.1 Å². The van der Waals surface area contributed by atoms with Crippen molar-refractivity contribution in [3.63, 3.8) is 0 Å². The van der Waals surface area contributed by atoms with E-state index in [4.69, 9.17) is 10.2 Å². The van der Waals surface area contributed by atoms with Crippen LogP contribution in [0.2, 0.25) is 0 Å². The highest BCUT2D eigenvalue weighted by Crippen LogP contribution is 2.16. The summed E-state index contributed by atoms with van der Waals surface area (Å²) in [5.41, 5.74) is 0.570. The second kappa shape index (κ2) is 5.40. The Bertz CT molecular complexity index is 440. The van der Waals surface area contributed by atoms with E-state index < -0.39 is 29.4 Å². The van der Waals surface area contributed by atoms with E-state index >= 15 is 0 Å². The normalized spacial score (nSPS) is 13.7. The van der Waals surface area contributed by atoms with Gasteiger partial charge in [-0.15, -0.1) is 0 Å². The standard InChI is InChI=1S/C10H14O5S/c1-8-4-2-3-5-10(8)16(13,14)15-7-9(12)6-11/h2-5,9,11-12H,6-7H2,1H3. The number of rotatable bonds is 5. The molecule has 0 aliphatic rings. The second-order valence-corrected chi connectivity index (χ2v) is 4.92. The summed E-state index contributed by atoms with van der Waals surface area (Å²) >= 11 is 0. The molecule has 5 nitrogen and oxygen atoms in total. The molecular weight excluding hydrogens is 232 g/mol. The van der Waals surface area contributed by atoms with E-state index in [-0.39, 0.29) is 4.90 Å². The Morgan fingerprint density at radius 1 is 1.38 bits per heavy atom. The summed E-state index contributed by atoms with van der Waals surface area (Å²) in [5.74, 6) is 0. The van der Waals surface area contributed by atoms with Gasteiger partial charge in [0.25, 0.3) is 10.1 Å². The average molecular weight is 246 g/mol. The lowest BCUT2D eigenvalue weighted by Gasteiger charge is -2.10. The zero-order valence-corrected chi connectivity index (χ0v) is 9.64. The minimum absolute atomic E-state index is 0.0696. The fraction of sp³-hybridized carbons (Fsp3) is 0.400. The molecule has 0 radical (unpaired) electrons. The lowest BCUT2D eigenvalue weighted by atomic mass is 10.2. The molecule has 0 saturated carbocycles. The summed E-state index contributed by atoms with van der Waals surface area (Å²) in [6, 6.07) is 6.39. The first-order valence-electron chi connectivity index (χ1n) is 4.71. The monoisotopic (exact) mass is 246 g/mol. The van der Waals surface area contributed by atoms with Crippen molar-refractivity contribution < 1.29 is 22.8 Å². The molecule has 1 unspecified atom stereocenters. The number of aliphatic hydroxyl groups excluding tert-OH is 2. The lowest BCUT2D eigenvalue weighted by molar-refractivity contribution is 0.0557. The summed E-state index contributed by atoms with van der Waals surface area (Å²) in [4.78, 5) is 0.0696. The molecule has 1 rings (SSSR count). The number of aliphatic hydroxyl groups is 2. The van der Waals surface area contributed by atoms with Crippen LogP contribution in [0.4, 0.5) is 0 Å². The van der Waals surface area contributed by atoms with Crippen molar-refractivity contribution in [2.75, 3.05) is 13.2 Å². The third-order valence-corrected chi connectivity index (χ3v) is 3.43. The number of hydrogen-bond acceptors (Lipinski definition) is 5. The highest BCUT2D eigenvalue weighted by Gasteiger charge is 2.18. The van der Waals surface area contributed by atoms with Gasteiger partial charge < -0.3 is 10.2 Å². The maximum atomic E-state index is 11.7. The predicted octanol–water partition coefficient (Wildman–Crippen LogP) is 0.0535. The summed E-state index contributed by atoms with van der Waals surface area (Å²) in [6.07, 6.45) is -1.20. The van der Waals surface area contributed by atoms with E-state index in [9.17, 15) is 8.42 Å². The molecule has 1 atom stereocenters. The molecular formula is C10H14O5S. The predicted molar refractivity (Wildman–Crippen MR) is 57.4 cm³/mol. The first kappa shape index (κ1) is 13.1. The molecule has 0 spiro atoms. The molecule has 1 aromatic rings. The first-order valence-corrected chi connectivity index (χ1v) is 6.12. The Balaban J connectivity index is 2.83. The van der Waals surface area contributed by atoms with Crippen molar-refractivity contribution in [3.8, 4) is 0 Å². The van der Waals surface area contributed by atoms with Gasteiger partial charge in [-0.2, -0.15) is 8.42 Å². The van der Waals surface area contributed by atoms with Crippen molar-refractivity contribution in [2.45, 2.75) is 17.9 Å². The van der Waals surface area contributed by atoms with E-state index in [1.807, 2.05) is 0 Å². The van der Waals surface area contributed by atoms with Gasteiger partial charge in [-0.1, -0.05) is 18.2 Å². The van der Waals surface area contributed by atoms with Gasteiger partial charge in [0.15, 0.2) is 0 Å². The van der Waals surface area contributed by atoms with Crippen LogP contribution in [0.25, 0.3) is 0 Å². The minimum atomic E-state index is -3.87. The molecule has 2 N–H and O–H groups in total. The van der Waals surface area contributed by atoms with Crippen LogP contribution in [0.5, 0.6) is 0 Å². The van der Waals surface area contributed by atoms with Gasteiger partial charge in [0, 0.05) is 0 Å². The van der Waals surface area contributed by atoms with Crippen LogP contribution in [-0.2, 0) is 14.3 Å². The molecule has 16 heavy (non-hydrogen) atoms. The Labute approximate surface area is 94.4 Å². The summed E-state index contributed by atoms with van der Waals surface area (Å²) in [5, 5.41) is 17.5. The van der Waals surface area contributed by atoms with Gasteiger partial charge in [0.1, 0.15) is 6.10 Å². The van der Waals surface area contributed by atoms with Crippen LogP contribution in [-0.4, -0.2) is 37.9 Å². The zero-order chi connectivity index (χ0) is 12.2. The van der Waals surface area contributed by atoms with E-state index in [2.05, 4.69) is 4.18 Å². The van der Waals surface area contributed by atoms with Gasteiger partial charge in [0.2, 0.25) is 0 Å². The summed E-state index contributed by atoms with van der Waals surface area (Å²) < 4.78 is 27.9. The number of aryl methyl sites for hydroxylation is 1. The Kier molecular flexibility index (Phi) is 4.43. The number of benzene rings is 1. The molecule has 90 valence electrons. The van der Waals surface area contributed by atoms with Gasteiger partial charge in [-0.25, -0.2) is 0 Å². The largest absolute Gasteiger partial charge is 0.394 e. The van der Waals surface area contributed by atoms with Crippen LogP contribution in [0, 0.1) is 6.92 Å². The first-order chi connectivity index (χ1) is 7.47. The van der Waals surface area contributed by atoms with Crippen LogP contribution in [0.15, 0.2) is 29.2 Å².